The molecule has 0 radical (unpaired) electrons. The fraction of sp³-hybridized carbons (Fsp3) is 0.400. The first-order valence-corrected chi connectivity index (χ1v) is 34.5. The van der Waals surface area contributed by atoms with Gasteiger partial charge >= 0.3 is 5.97 Å². The summed E-state index contributed by atoms with van der Waals surface area (Å²) in [7, 11) is 0. The van der Waals surface area contributed by atoms with Crippen molar-refractivity contribution in [2.45, 2.75) is 128 Å². The van der Waals surface area contributed by atoms with Crippen LogP contribution in [0, 0.1) is 88.2 Å². The van der Waals surface area contributed by atoms with Crippen LogP contribution in [0.5, 0.6) is 17.2 Å². The van der Waals surface area contributed by atoms with Crippen LogP contribution in [0.3, 0.4) is 0 Å². The van der Waals surface area contributed by atoms with Crippen LogP contribution in [-0.2, 0) is 50.7 Å². The van der Waals surface area contributed by atoms with Crippen LogP contribution in [0.4, 0.5) is 26.3 Å². The number of hydrogen-bond acceptors (Lipinski definition) is 13. The van der Waals surface area contributed by atoms with Crippen molar-refractivity contribution < 1.29 is 74.4 Å². The highest BCUT2D eigenvalue weighted by atomic mass is 19.2. The van der Waals surface area contributed by atoms with Crippen molar-refractivity contribution in [3.8, 4) is 17.2 Å². The predicted molar refractivity (Wildman–Crippen MR) is 347 cm³/mol. The fourth-order valence-electron chi connectivity index (χ4n) is 19.0. The van der Waals surface area contributed by atoms with E-state index in [0.29, 0.717) is 91.2 Å². The number of pyridine rings is 3. The average Bonchev–Trinajstić information content (AvgIpc) is 1.54. The Hall–Kier alpha value is -10.5. The van der Waals surface area contributed by atoms with E-state index in [-0.39, 0.29) is 119 Å². The monoisotopic (exact) mass is 1400 g/mol. The molecule has 4 aromatic carbocycles. The number of carbonyl (C=O) groups is 6. The molecule has 5 amide bonds. The second kappa shape index (κ2) is 24.4. The van der Waals surface area contributed by atoms with E-state index in [2.05, 4.69) is 10.6 Å². The van der Waals surface area contributed by atoms with Gasteiger partial charge in [0, 0.05) is 92.7 Å². The normalized spacial score (nSPS) is 27.8. The minimum Gasteiger partial charge on any atom is -0.503 e. The molecule has 12 aliphatic rings. The Kier molecular flexibility index (Phi) is 15.5. The van der Waals surface area contributed by atoms with E-state index in [1.807, 2.05) is 70.5 Å². The van der Waals surface area contributed by atoms with Crippen molar-refractivity contribution in [3.63, 3.8) is 0 Å². The van der Waals surface area contributed by atoms with Crippen molar-refractivity contribution in [2.24, 2.45) is 53.3 Å². The number of fused-ring (bicyclic) bond motifs is 27. The summed E-state index contributed by atoms with van der Waals surface area (Å²) >= 11 is 0. The van der Waals surface area contributed by atoms with Gasteiger partial charge in [0.05, 0.1) is 24.7 Å². The molecule has 6 bridgehead atoms. The van der Waals surface area contributed by atoms with Crippen LogP contribution in [-0.4, -0.2) is 112 Å². The summed E-state index contributed by atoms with van der Waals surface area (Å²) in [6.07, 6.45) is 10.4. The quantitative estimate of drug-likeness (QED) is 0.0533. The van der Waals surface area contributed by atoms with Crippen molar-refractivity contribution in [2.75, 3.05) is 6.61 Å². The number of hydrogen-bond donors (Lipinski definition) is 3. The van der Waals surface area contributed by atoms with Gasteiger partial charge in [-0.25, -0.2) is 31.1 Å². The lowest BCUT2D eigenvalue weighted by atomic mass is 9.94. The van der Waals surface area contributed by atoms with Gasteiger partial charge in [-0.3, -0.25) is 38.4 Å². The van der Waals surface area contributed by atoms with Gasteiger partial charge in [-0.1, -0.05) is 60.7 Å². The van der Waals surface area contributed by atoms with Gasteiger partial charge in [0.15, 0.2) is 57.6 Å². The summed E-state index contributed by atoms with van der Waals surface area (Å²) in [6.45, 7) is 2.45. The number of esters is 1. The molecule has 9 heterocycles. The van der Waals surface area contributed by atoms with Crippen molar-refractivity contribution in [1.82, 2.24) is 39.0 Å². The summed E-state index contributed by atoms with van der Waals surface area (Å²) in [5.41, 5.74) is -1.79. The lowest BCUT2D eigenvalue weighted by molar-refractivity contribution is 0.0449. The number of carbonyl (C=O) groups excluding carboxylic acids is 6. The summed E-state index contributed by atoms with van der Waals surface area (Å²) in [6, 6.07) is 21.4. The van der Waals surface area contributed by atoms with E-state index in [4.69, 9.17) is 14.2 Å². The summed E-state index contributed by atoms with van der Waals surface area (Å²) in [5.74, 6) is -6.62. The molecule has 3 aromatic heterocycles. The van der Waals surface area contributed by atoms with Crippen molar-refractivity contribution in [1.29, 1.82) is 0 Å². The SMILES string of the molecule is CCOC(=O)c1cn2c(c(OCc3ccccc3)c1=O)C(=O)N1C3CC([C@@H]4C[C@H]34)[C@@H]1C2.O=C(NCc1cc(F)c(F)cc1F)c1cn2c(c(O)c1=O)C(=O)N1C3CC([C@@H]4C[C@H]34)[C@@H]1C2.O=C(NCc1cc(F)c(F)cc1F)c1cn2c(c(OCc3ccccc3)c1=O)C(=O)N1C3CC([C@@H]4C[C@H]34)[C@@H]1C2. The molecule has 3 saturated heterocycles. The van der Waals surface area contributed by atoms with Gasteiger partial charge in [-0.2, -0.15) is 0 Å². The third-order valence-corrected chi connectivity index (χ3v) is 23.7. The van der Waals surface area contributed by atoms with E-state index in [1.54, 1.807) is 21.0 Å². The predicted octanol–water partition coefficient (Wildman–Crippen LogP) is 7.87. The standard InChI is InChI=1S/C29H24F3N3O4.C24H24N2O5.C22H18F3N3O4/c30-20-9-22(32)21(31)6-15(20)10-33-28(37)19-11-34-12-24-18-8-23(17-7-16(17)18)35(24)29(38)25(34)27(26(19)36)39-13-14-4-2-1-3-5-14;1-2-30-24(29)17-10-25-11-19-16-9-18(15-8-14(15)16)26(19)23(28)20(25)22(21(17)27)31-12-13-6-4-3-5-7-13;23-13-4-15(25)14(24)1-8(13)5-26-21(31)12-6-27-7-17-11-3-16(10-2-9(10)11)28(17)22(32)18(27)20(30)19(12)29/h1-6,9,11,16-18,23-24H,7-8,10,12-13H2,(H,33,37);3-7,10,14-16,18-19H,2,8-9,11-12H2,1H3;1,4,6,9-11,16-17,30H,2-3,5,7H2,(H,26,31)/t16-,17+,18?,23?,24+;14-,15+,16?,18?,19+;9-,10+,11?,16?,17+/m111/s1. The lowest BCUT2D eigenvalue weighted by Crippen LogP contribution is -2.53. The number of aromatic nitrogens is 3. The molecule has 6 aliphatic carbocycles. The van der Waals surface area contributed by atoms with E-state index in [0.717, 1.165) is 49.1 Å². The van der Waals surface area contributed by atoms with Crippen molar-refractivity contribution >= 4 is 35.5 Å². The Labute approximate surface area is 576 Å². The van der Waals surface area contributed by atoms with Crippen LogP contribution in [0.2, 0.25) is 0 Å². The highest BCUT2D eigenvalue weighted by Gasteiger charge is 2.69. The molecule has 6 aliphatic heterocycles. The van der Waals surface area contributed by atoms with Gasteiger partial charge in [-0.15, -0.1) is 0 Å². The van der Waals surface area contributed by atoms with Crippen LogP contribution in [0.1, 0.15) is 130 Å². The van der Waals surface area contributed by atoms with Crippen LogP contribution < -0.4 is 36.4 Å². The molecule has 19 rings (SSSR count). The maximum Gasteiger partial charge on any atom is 0.343 e. The van der Waals surface area contributed by atoms with E-state index in [1.165, 1.54) is 29.6 Å². The smallest absolute Gasteiger partial charge is 0.343 e. The molecule has 9 fully saturated rings. The van der Waals surface area contributed by atoms with E-state index in [9.17, 15) is 74.6 Å². The number of nitrogens with zero attached hydrogens (tertiary/aromatic N) is 6. The molecule has 6 unspecified atom stereocenters. The number of amides is 5. The molecular weight excluding hydrogens is 1330 g/mol. The topological polar surface area (TPSA) is 250 Å². The molecule has 27 heteroatoms. The minimum atomic E-state index is -1.35. The van der Waals surface area contributed by atoms with Crippen molar-refractivity contribution in [3.05, 3.63) is 225 Å². The number of aromatic hydroxyl groups is 1. The highest BCUT2D eigenvalue weighted by Crippen LogP contribution is 2.67. The summed E-state index contributed by atoms with van der Waals surface area (Å²) in [5, 5.41) is 15.2. The van der Waals surface area contributed by atoms with Crippen LogP contribution in [0.25, 0.3) is 0 Å². The Bertz CT molecular complexity index is 4980. The molecular formula is C75H66F6N8O13. The van der Waals surface area contributed by atoms with Gasteiger partial charge in [0.1, 0.15) is 41.5 Å². The number of ether oxygens (including phenoxy) is 3. The first-order valence-electron chi connectivity index (χ1n) is 34.5. The molecule has 6 saturated carbocycles. The molecule has 7 aromatic rings. The van der Waals surface area contributed by atoms with Crippen LogP contribution >= 0.6 is 0 Å². The molecule has 21 nitrogen and oxygen atoms in total. The minimum absolute atomic E-state index is 0.00424. The maximum atomic E-state index is 14.1. The first-order chi connectivity index (χ1) is 49.1. The number of piperidine rings is 3. The maximum absolute atomic E-state index is 14.1. The zero-order chi connectivity index (χ0) is 70.7. The van der Waals surface area contributed by atoms with Gasteiger partial charge in [0.2, 0.25) is 16.3 Å². The van der Waals surface area contributed by atoms with E-state index < -0.39 is 99.3 Å². The Morgan fingerprint density at radius 1 is 0.441 bits per heavy atom. The number of halogens is 6. The summed E-state index contributed by atoms with van der Waals surface area (Å²) < 4.78 is 103. The number of nitrogens with one attached hydrogen (secondary N) is 2. The van der Waals surface area contributed by atoms with Crippen LogP contribution in [0.15, 0.2) is 118 Å². The van der Waals surface area contributed by atoms with Gasteiger partial charge in [0.25, 0.3) is 29.5 Å². The fourth-order valence-corrected chi connectivity index (χ4v) is 19.0. The van der Waals surface area contributed by atoms with Gasteiger partial charge < -0.3 is 58.4 Å². The Balaban J connectivity index is 0.000000115. The molecule has 102 heavy (non-hydrogen) atoms. The molecule has 3 N–H and O–H groups in total. The number of benzene rings is 4. The average molecular weight is 1400 g/mol. The highest BCUT2D eigenvalue weighted by molar-refractivity contribution is 6.01. The molecule has 0 spiro atoms. The zero-order valence-corrected chi connectivity index (χ0v) is 54.7. The lowest BCUT2D eigenvalue weighted by Gasteiger charge is -2.40. The van der Waals surface area contributed by atoms with Gasteiger partial charge in [-0.05, 0) is 122 Å². The third-order valence-electron chi connectivity index (χ3n) is 23.7. The third kappa shape index (κ3) is 10.5. The second-order valence-electron chi connectivity index (χ2n) is 28.9. The second-order valence-corrected chi connectivity index (χ2v) is 28.9. The number of rotatable bonds is 14. The summed E-state index contributed by atoms with van der Waals surface area (Å²) in [4.78, 5) is 124. The largest absolute Gasteiger partial charge is 0.503 e. The Morgan fingerprint density at radius 2 is 0.794 bits per heavy atom. The molecule has 526 valence electrons. The Morgan fingerprint density at radius 3 is 1.21 bits per heavy atom. The van der Waals surface area contributed by atoms with E-state index >= 15 is 0 Å². The first kappa shape index (κ1) is 64.9. The zero-order valence-electron chi connectivity index (χ0n) is 54.7. The molecule has 15 atom stereocenters.